The molecule has 0 radical (unpaired) electrons. The van der Waals surface area contributed by atoms with Crippen LogP contribution >= 0.6 is 0 Å². The normalized spacial score (nSPS) is 32.0. The topological polar surface area (TPSA) is 55.6 Å². The van der Waals surface area contributed by atoms with Crippen molar-refractivity contribution in [3.8, 4) is 0 Å². The molecule has 2 rings (SSSR count). The van der Waals surface area contributed by atoms with Crippen molar-refractivity contribution in [3.63, 3.8) is 0 Å². The molecule has 0 aromatic heterocycles. The Kier molecular flexibility index (Phi) is 5.22. The lowest BCUT2D eigenvalue weighted by atomic mass is 9.89. The second-order valence-corrected chi connectivity index (χ2v) is 6.48. The first-order valence-electron chi connectivity index (χ1n) is 7.74. The highest BCUT2D eigenvalue weighted by atomic mass is 16.5. The number of carbonyl (C=O) groups excluding carboxylic acids is 1. The van der Waals surface area contributed by atoms with Gasteiger partial charge in [-0.05, 0) is 43.9 Å². The Labute approximate surface area is 116 Å². The molecule has 2 aliphatic rings. The van der Waals surface area contributed by atoms with Crippen LogP contribution in [0.5, 0.6) is 0 Å². The molecule has 1 amide bonds. The molecule has 0 saturated carbocycles. The summed E-state index contributed by atoms with van der Waals surface area (Å²) >= 11 is 0. The number of amides is 1. The fourth-order valence-corrected chi connectivity index (χ4v) is 3.39. The van der Waals surface area contributed by atoms with Gasteiger partial charge in [0.05, 0.1) is 6.10 Å². The zero-order valence-electron chi connectivity index (χ0n) is 12.3. The van der Waals surface area contributed by atoms with E-state index >= 15 is 0 Å². The van der Waals surface area contributed by atoms with Gasteiger partial charge in [0.25, 0.3) is 5.91 Å². The third-order valence-corrected chi connectivity index (χ3v) is 4.28. The minimum absolute atomic E-state index is 0.0881. The molecule has 0 bridgehead atoms. The Bertz CT molecular complexity index is 307. The van der Waals surface area contributed by atoms with Crippen LogP contribution < -0.4 is 5.73 Å². The fraction of sp³-hybridized carbons (Fsp3) is 0.933. The van der Waals surface area contributed by atoms with E-state index in [4.69, 9.17) is 10.5 Å². The van der Waals surface area contributed by atoms with Gasteiger partial charge in [-0.1, -0.05) is 13.8 Å². The summed E-state index contributed by atoms with van der Waals surface area (Å²) in [5, 5.41) is 0. The van der Waals surface area contributed by atoms with Crippen molar-refractivity contribution in [1.29, 1.82) is 0 Å². The number of rotatable bonds is 4. The van der Waals surface area contributed by atoms with Crippen molar-refractivity contribution in [2.75, 3.05) is 19.6 Å². The van der Waals surface area contributed by atoms with Gasteiger partial charge >= 0.3 is 0 Å². The van der Waals surface area contributed by atoms with Crippen LogP contribution in [0.25, 0.3) is 0 Å². The number of hydrogen-bond donors (Lipinski definition) is 1. The second-order valence-electron chi connectivity index (χ2n) is 6.48. The van der Waals surface area contributed by atoms with Crippen LogP contribution in [0.1, 0.15) is 46.0 Å². The highest BCUT2D eigenvalue weighted by Crippen LogP contribution is 2.26. The van der Waals surface area contributed by atoms with Gasteiger partial charge in [0.15, 0.2) is 0 Å². The maximum absolute atomic E-state index is 12.5. The molecule has 2 saturated heterocycles. The fourth-order valence-electron chi connectivity index (χ4n) is 3.39. The van der Waals surface area contributed by atoms with E-state index in [-0.39, 0.29) is 18.1 Å². The molecule has 2 N–H and O–H groups in total. The number of ether oxygens (including phenoxy) is 1. The van der Waals surface area contributed by atoms with Gasteiger partial charge in [0.2, 0.25) is 0 Å². The van der Waals surface area contributed by atoms with Crippen LogP contribution in [-0.2, 0) is 9.53 Å². The van der Waals surface area contributed by atoms with Crippen molar-refractivity contribution < 1.29 is 9.53 Å². The van der Waals surface area contributed by atoms with Crippen LogP contribution in [0.15, 0.2) is 0 Å². The summed E-state index contributed by atoms with van der Waals surface area (Å²) in [4.78, 5) is 14.5. The third-order valence-electron chi connectivity index (χ3n) is 4.28. The third kappa shape index (κ3) is 3.93. The minimum atomic E-state index is -0.230. The molecule has 4 heteroatoms. The van der Waals surface area contributed by atoms with Crippen molar-refractivity contribution in [2.45, 2.75) is 58.2 Å². The van der Waals surface area contributed by atoms with Gasteiger partial charge in [-0.25, -0.2) is 0 Å². The van der Waals surface area contributed by atoms with E-state index in [9.17, 15) is 4.79 Å². The monoisotopic (exact) mass is 268 g/mol. The van der Waals surface area contributed by atoms with E-state index in [1.165, 1.54) is 12.8 Å². The molecule has 4 nitrogen and oxygen atoms in total. The highest BCUT2D eigenvalue weighted by molar-refractivity contribution is 5.81. The number of nitrogens with zero attached hydrogens (tertiary/aromatic N) is 1. The van der Waals surface area contributed by atoms with E-state index in [2.05, 4.69) is 13.8 Å². The summed E-state index contributed by atoms with van der Waals surface area (Å²) in [6.07, 6.45) is 5.24. The van der Waals surface area contributed by atoms with Gasteiger partial charge in [-0.15, -0.1) is 0 Å². The number of hydrogen-bond acceptors (Lipinski definition) is 3. The summed E-state index contributed by atoms with van der Waals surface area (Å²) in [7, 11) is 0. The van der Waals surface area contributed by atoms with Gasteiger partial charge < -0.3 is 15.4 Å². The predicted octanol–water partition coefficient (Wildman–Crippen LogP) is 1.78. The van der Waals surface area contributed by atoms with Gasteiger partial charge in [0.1, 0.15) is 6.10 Å². The molecule has 2 aliphatic heterocycles. The molecule has 1 unspecified atom stereocenters. The average Bonchev–Trinajstić information content (AvgIpc) is 2.86. The van der Waals surface area contributed by atoms with Crippen LogP contribution in [0.2, 0.25) is 0 Å². The van der Waals surface area contributed by atoms with Gasteiger partial charge in [0, 0.05) is 19.6 Å². The standard InChI is InChI=1S/C15H28N2O2/c1-11(2)8-12-4-3-7-17(10-12)15(18)14-6-5-13(9-16)19-14/h11-14H,3-10,16H2,1-2H3/t12?,13-,14+/m1/s1. The zero-order chi connectivity index (χ0) is 13.8. The van der Waals surface area contributed by atoms with Crippen LogP contribution in [0.3, 0.4) is 0 Å². The summed E-state index contributed by atoms with van der Waals surface area (Å²) in [5.41, 5.74) is 5.60. The van der Waals surface area contributed by atoms with Crippen molar-refractivity contribution in [2.24, 2.45) is 17.6 Å². The lowest BCUT2D eigenvalue weighted by Gasteiger charge is -2.35. The maximum atomic E-state index is 12.5. The molecule has 0 spiro atoms. The lowest BCUT2D eigenvalue weighted by Crippen LogP contribution is -2.45. The molecule has 110 valence electrons. The smallest absolute Gasteiger partial charge is 0.251 e. The summed E-state index contributed by atoms with van der Waals surface area (Å²) in [5.74, 6) is 1.58. The van der Waals surface area contributed by atoms with Gasteiger partial charge in [-0.3, -0.25) is 4.79 Å². The van der Waals surface area contributed by atoms with Crippen LogP contribution in [0.4, 0.5) is 0 Å². The summed E-state index contributed by atoms with van der Waals surface area (Å²) in [6.45, 7) is 6.86. The summed E-state index contributed by atoms with van der Waals surface area (Å²) < 4.78 is 5.73. The molecule has 2 heterocycles. The van der Waals surface area contributed by atoms with E-state index < -0.39 is 0 Å². The number of carbonyl (C=O) groups is 1. The van der Waals surface area contributed by atoms with Crippen molar-refractivity contribution in [3.05, 3.63) is 0 Å². The first-order valence-corrected chi connectivity index (χ1v) is 7.74. The van der Waals surface area contributed by atoms with E-state index in [0.29, 0.717) is 18.4 Å². The van der Waals surface area contributed by atoms with E-state index in [1.54, 1.807) is 0 Å². The minimum Gasteiger partial charge on any atom is -0.364 e. The van der Waals surface area contributed by atoms with Crippen molar-refractivity contribution >= 4 is 5.91 Å². The lowest BCUT2D eigenvalue weighted by molar-refractivity contribution is -0.144. The number of piperidine rings is 1. The first kappa shape index (κ1) is 14.8. The van der Waals surface area contributed by atoms with Gasteiger partial charge in [-0.2, -0.15) is 0 Å². The molecule has 0 aromatic rings. The van der Waals surface area contributed by atoms with E-state index in [1.807, 2.05) is 4.90 Å². The van der Waals surface area contributed by atoms with E-state index in [0.717, 1.165) is 32.4 Å². The Morgan fingerprint density at radius 3 is 2.79 bits per heavy atom. The molecule has 0 aliphatic carbocycles. The Balaban J connectivity index is 1.85. The maximum Gasteiger partial charge on any atom is 0.251 e. The largest absolute Gasteiger partial charge is 0.364 e. The molecular formula is C15H28N2O2. The second kappa shape index (κ2) is 6.71. The number of nitrogens with two attached hydrogens (primary N) is 1. The van der Waals surface area contributed by atoms with Crippen LogP contribution in [-0.4, -0.2) is 42.6 Å². The molecule has 0 aromatic carbocycles. The zero-order valence-corrected chi connectivity index (χ0v) is 12.3. The summed E-state index contributed by atoms with van der Waals surface area (Å²) in [6, 6.07) is 0. The predicted molar refractivity (Wildman–Crippen MR) is 75.7 cm³/mol. The van der Waals surface area contributed by atoms with Crippen LogP contribution in [0, 0.1) is 11.8 Å². The Morgan fingerprint density at radius 1 is 1.37 bits per heavy atom. The molecule has 19 heavy (non-hydrogen) atoms. The molecular weight excluding hydrogens is 240 g/mol. The average molecular weight is 268 g/mol. The number of likely N-dealkylation sites (tertiary alicyclic amines) is 1. The molecule has 2 fully saturated rings. The first-order chi connectivity index (χ1) is 9.10. The molecule has 3 atom stereocenters. The Morgan fingerprint density at radius 2 is 2.16 bits per heavy atom. The highest BCUT2D eigenvalue weighted by Gasteiger charge is 2.34. The van der Waals surface area contributed by atoms with Crippen molar-refractivity contribution in [1.82, 2.24) is 4.90 Å². The SMILES string of the molecule is CC(C)CC1CCCN(C(=O)[C@@H]2CC[C@H](CN)O2)C1. The Hall–Kier alpha value is -0.610. The quantitative estimate of drug-likeness (QED) is 0.845.